The summed E-state index contributed by atoms with van der Waals surface area (Å²) in [6, 6.07) is 0. The van der Waals surface area contributed by atoms with E-state index in [4.69, 9.17) is 0 Å². The van der Waals surface area contributed by atoms with Gasteiger partial charge in [0, 0.05) is 6.42 Å². The molecule has 1 unspecified atom stereocenters. The number of hydrogen-bond acceptors (Lipinski definition) is 7. The van der Waals surface area contributed by atoms with Crippen molar-refractivity contribution in [1.82, 2.24) is 0 Å². The second-order valence-electron chi connectivity index (χ2n) is 3.74. The molecular formula is C14H20O7. The number of esters is 3. The van der Waals surface area contributed by atoms with Crippen molar-refractivity contribution in [2.75, 3.05) is 19.8 Å². The van der Waals surface area contributed by atoms with Crippen LogP contribution in [0.1, 0.15) is 27.2 Å². The molecule has 7 heteroatoms. The smallest absolute Gasteiger partial charge is 0.337 e. The van der Waals surface area contributed by atoms with Gasteiger partial charge >= 0.3 is 17.9 Å². The van der Waals surface area contributed by atoms with Gasteiger partial charge < -0.3 is 19.3 Å². The normalized spacial score (nSPS) is 11.1. The molecule has 0 aliphatic rings. The van der Waals surface area contributed by atoms with E-state index in [1.165, 1.54) is 13.8 Å². The summed E-state index contributed by atoms with van der Waals surface area (Å²) in [6.07, 6.45) is -1.40. The molecule has 0 spiro atoms. The first-order chi connectivity index (χ1) is 9.99. The first-order valence-corrected chi connectivity index (χ1v) is 6.63. The highest BCUT2D eigenvalue weighted by atomic mass is 16.6. The van der Waals surface area contributed by atoms with E-state index in [1.54, 1.807) is 0 Å². The largest absolute Gasteiger partial charge is 0.465 e. The molecule has 1 atom stereocenters. The predicted molar refractivity (Wildman–Crippen MR) is 71.8 cm³/mol. The maximum Gasteiger partial charge on any atom is 0.337 e. The van der Waals surface area contributed by atoms with E-state index in [-0.39, 0.29) is 19.8 Å². The van der Waals surface area contributed by atoms with Crippen LogP contribution in [0.5, 0.6) is 0 Å². The second-order valence-corrected chi connectivity index (χ2v) is 3.74. The molecule has 7 nitrogen and oxygen atoms in total. The summed E-state index contributed by atoms with van der Waals surface area (Å²) in [5, 5.41) is 9.80. The molecule has 0 heterocycles. The van der Waals surface area contributed by atoms with Gasteiger partial charge in [0.25, 0.3) is 0 Å². The number of rotatable bonds is 7. The number of aliphatic hydroxyl groups excluding tert-OH is 1. The summed E-state index contributed by atoms with van der Waals surface area (Å²) in [6.45, 7) is 4.65. The van der Waals surface area contributed by atoms with Gasteiger partial charge in [-0.3, -0.25) is 9.59 Å². The minimum atomic E-state index is -1.99. The van der Waals surface area contributed by atoms with Crippen molar-refractivity contribution in [1.29, 1.82) is 0 Å². The van der Waals surface area contributed by atoms with Gasteiger partial charge in [-0.05, 0) is 13.8 Å². The third kappa shape index (κ3) is 6.77. The van der Waals surface area contributed by atoms with E-state index in [0.29, 0.717) is 6.42 Å². The summed E-state index contributed by atoms with van der Waals surface area (Å²) in [4.78, 5) is 34.9. The van der Waals surface area contributed by atoms with Crippen LogP contribution < -0.4 is 0 Å². The molecule has 0 aliphatic carbocycles. The molecule has 0 aromatic carbocycles. The average molecular weight is 300 g/mol. The Morgan fingerprint density at radius 1 is 0.905 bits per heavy atom. The molecule has 118 valence electrons. The van der Waals surface area contributed by atoms with Crippen LogP contribution in [0.2, 0.25) is 0 Å². The van der Waals surface area contributed by atoms with E-state index in [1.807, 2.05) is 6.92 Å². The van der Waals surface area contributed by atoms with Gasteiger partial charge in [-0.15, -0.1) is 5.92 Å². The summed E-state index contributed by atoms with van der Waals surface area (Å²) >= 11 is 0. The minimum Gasteiger partial charge on any atom is -0.465 e. The molecule has 0 saturated heterocycles. The predicted octanol–water partition coefficient (Wildman–Crippen LogP) is 0.0463. The summed E-state index contributed by atoms with van der Waals surface area (Å²) in [5.74, 6) is 0.215. The molecule has 0 bridgehead atoms. The van der Waals surface area contributed by atoms with E-state index >= 15 is 0 Å². The Hall–Kier alpha value is -2.07. The number of aliphatic hydroxyl groups is 1. The van der Waals surface area contributed by atoms with Crippen LogP contribution in [0.25, 0.3) is 0 Å². The maximum atomic E-state index is 11.7. The Labute approximate surface area is 123 Å². The minimum absolute atomic E-state index is 0.00151. The quantitative estimate of drug-likeness (QED) is 0.307. The summed E-state index contributed by atoms with van der Waals surface area (Å²) in [5.41, 5.74) is 0. The van der Waals surface area contributed by atoms with Gasteiger partial charge in [-0.25, -0.2) is 4.79 Å². The Kier molecular flexibility index (Phi) is 9.63. The highest BCUT2D eigenvalue weighted by Crippen LogP contribution is 2.11. The fraction of sp³-hybridized carbons (Fsp3) is 0.643. The fourth-order valence-corrected chi connectivity index (χ4v) is 1.32. The van der Waals surface area contributed by atoms with E-state index < -0.39 is 29.9 Å². The molecule has 0 rings (SSSR count). The van der Waals surface area contributed by atoms with Crippen LogP contribution in [-0.2, 0) is 28.6 Å². The summed E-state index contributed by atoms with van der Waals surface area (Å²) < 4.78 is 14.0. The molecule has 0 fully saturated rings. The Balaban J connectivity index is 4.84. The molecule has 0 aromatic heterocycles. The topological polar surface area (TPSA) is 99.1 Å². The van der Waals surface area contributed by atoms with Gasteiger partial charge in [0.15, 0.2) is 18.6 Å². The van der Waals surface area contributed by atoms with Crippen LogP contribution in [0.3, 0.4) is 0 Å². The van der Waals surface area contributed by atoms with Crippen molar-refractivity contribution in [2.45, 2.75) is 33.3 Å². The van der Waals surface area contributed by atoms with Crippen molar-refractivity contribution in [3.8, 4) is 11.8 Å². The number of carbonyl (C=O) groups is 3. The zero-order chi connectivity index (χ0) is 16.3. The molecular weight excluding hydrogens is 280 g/mol. The Morgan fingerprint density at radius 3 is 1.86 bits per heavy atom. The van der Waals surface area contributed by atoms with Crippen LogP contribution in [0, 0.1) is 17.8 Å². The van der Waals surface area contributed by atoms with Gasteiger partial charge in [-0.1, -0.05) is 12.8 Å². The van der Waals surface area contributed by atoms with Crippen molar-refractivity contribution in [3.63, 3.8) is 0 Å². The highest BCUT2D eigenvalue weighted by Gasteiger charge is 2.41. The third-order valence-electron chi connectivity index (χ3n) is 2.23. The molecule has 0 radical (unpaired) electrons. The lowest BCUT2D eigenvalue weighted by molar-refractivity contribution is -0.175. The lowest BCUT2D eigenvalue weighted by Crippen LogP contribution is -2.43. The molecule has 0 amide bonds. The first kappa shape index (κ1) is 18.9. The Morgan fingerprint density at radius 2 is 1.43 bits per heavy atom. The van der Waals surface area contributed by atoms with E-state index in [0.717, 1.165) is 0 Å². The van der Waals surface area contributed by atoms with Crippen LogP contribution in [-0.4, -0.2) is 48.9 Å². The maximum absolute atomic E-state index is 11.7. The third-order valence-corrected chi connectivity index (χ3v) is 2.23. The fourth-order valence-electron chi connectivity index (χ4n) is 1.32. The highest BCUT2D eigenvalue weighted by molar-refractivity contribution is 6.00. The lowest BCUT2D eigenvalue weighted by Gasteiger charge is -2.18. The zero-order valence-corrected chi connectivity index (χ0v) is 12.4. The lowest BCUT2D eigenvalue weighted by atomic mass is 10.0. The van der Waals surface area contributed by atoms with E-state index in [9.17, 15) is 19.5 Å². The van der Waals surface area contributed by atoms with E-state index in [2.05, 4.69) is 26.1 Å². The Bertz CT molecular complexity index is 401. The second kappa shape index (κ2) is 10.7. The van der Waals surface area contributed by atoms with Crippen LogP contribution in [0.15, 0.2) is 0 Å². The molecule has 21 heavy (non-hydrogen) atoms. The molecule has 0 saturated carbocycles. The first-order valence-electron chi connectivity index (χ1n) is 6.63. The molecule has 0 aromatic rings. The van der Waals surface area contributed by atoms with Gasteiger partial charge in [-0.2, -0.15) is 0 Å². The standard InChI is InChI=1S/C14H20O7/c1-4-7-8-9-21-14(18)11(15)10(12(16)19-5-2)13(17)20-6-3/h10-11,15H,4-6,9H2,1-3H3. The molecule has 0 aliphatic heterocycles. The van der Waals surface area contributed by atoms with Gasteiger partial charge in [0.2, 0.25) is 0 Å². The number of hydrogen-bond donors (Lipinski definition) is 1. The molecule has 1 N–H and O–H groups in total. The monoisotopic (exact) mass is 300 g/mol. The number of ether oxygens (including phenoxy) is 3. The van der Waals surface area contributed by atoms with Gasteiger partial charge in [0.05, 0.1) is 13.2 Å². The average Bonchev–Trinajstić information content (AvgIpc) is 2.44. The SMILES string of the molecule is CCC#CCOC(=O)C(O)C(C(=O)OCC)C(=O)OCC. The van der Waals surface area contributed by atoms with Gasteiger partial charge in [0.1, 0.15) is 0 Å². The zero-order valence-electron chi connectivity index (χ0n) is 12.4. The van der Waals surface area contributed by atoms with Crippen molar-refractivity contribution in [2.24, 2.45) is 5.92 Å². The number of carbonyl (C=O) groups excluding carboxylic acids is 3. The van der Waals surface area contributed by atoms with Crippen molar-refractivity contribution in [3.05, 3.63) is 0 Å². The summed E-state index contributed by atoms with van der Waals surface area (Å²) in [7, 11) is 0. The van der Waals surface area contributed by atoms with Crippen molar-refractivity contribution >= 4 is 17.9 Å². The van der Waals surface area contributed by atoms with Crippen LogP contribution in [0.4, 0.5) is 0 Å². The van der Waals surface area contributed by atoms with Crippen LogP contribution >= 0.6 is 0 Å². The van der Waals surface area contributed by atoms with Crippen molar-refractivity contribution < 1.29 is 33.7 Å².